The Hall–Kier alpha value is -2.30. The lowest BCUT2D eigenvalue weighted by atomic mass is 9.99. The molecule has 3 aromatic rings. The number of quaternary nitrogens is 1. The van der Waals surface area contributed by atoms with Crippen molar-refractivity contribution in [3.63, 3.8) is 0 Å². The number of ether oxygens (including phenoxy) is 1. The van der Waals surface area contributed by atoms with Gasteiger partial charge in [0, 0.05) is 11.5 Å². The van der Waals surface area contributed by atoms with Gasteiger partial charge in [0.2, 0.25) is 6.73 Å². The van der Waals surface area contributed by atoms with Crippen molar-refractivity contribution in [1.82, 2.24) is 0 Å². The van der Waals surface area contributed by atoms with Gasteiger partial charge < -0.3 is 9.15 Å². The molecule has 1 unspecified atom stereocenters. The summed E-state index contributed by atoms with van der Waals surface area (Å²) in [6.45, 7) is 5.55. The summed E-state index contributed by atoms with van der Waals surface area (Å²) in [7, 11) is 0. The number of hydrogen-bond donors (Lipinski definition) is 1. The van der Waals surface area contributed by atoms with Crippen LogP contribution in [0.25, 0.3) is 22.1 Å². The van der Waals surface area contributed by atoms with E-state index >= 15 is 0 Å². The van der Waals surface area contributed by atoms with Gasteiger partial charge in [-0.1, -0.05) is 41.9 Å². The fourth-order valence-electron chi connectivity index (χ4n) is 3.30. The molecule has 0 saturated carbocycles. The molecule has 128 valence electrons. The quantitative estimate of drug-likeness (QED) is 0.717. The largest absolute Gasteiger partial charge is 0.443 e. The maximum atomic E-state index is 12.2. The third kappa shape index (κ3) is 2.81. The van der Waals surface area contributed by atoms with E-state index in [1.165, 1.54) is 11.0 Å². The Morgan fingerprint density at radius 1 is 1.16 bits per heavy atom. The Labute approximate surface area is 150 Å². The number of hydrogen-bond acceptors (Lipinski definition) is 3. The van der Waals surface area contributed by atoms with E-state index in [4.69, 9.17) is 20.8 Å². The summed E-state index contributed by atoms with van der Waals surface area (Å²) in [6.07, 6.45) is 0. The summed E-state index contributed by atoms with van der Waals surface area (Å²) in [5.74, 6) is 0.631. The van der Waals surface area contributed by atoms with Gasteiger partial charge in [0.25, 0.3) is 0 Å². The second kappa shape index (κ2) is 6.21. The average molecular weight is 357 g/mol. The Kier molecular flexibility index (Phi) is 4.02. The molecule has 1 N–H and O–H groups in total. The molecule has 1 aromatic heterocycles. The predicted molar refractivity (Wildman–Crippen MR) is 98.2 cm³/mol. The fraction of sp³-hybridized carbons (Fsp3) is 0.250. The van der Waals surface area contributed by atoms with Crippen molar-refractivity contribution < 1.29 is 14.1 Å². The minimum absolute atomic E-state index is 0.368. The van der Waals surface area contributed by atoms with Crippen LogP contribution in [0.2, 0.25) is 5.02 Å². The van der Waals surface area contributed by atoms with Crippen molar-refractivity contribution in [3.05, 3.63) is 63.5 Å². The van der Waals surface area contributed by atoms with Crippen LogP contribution in [0.15, 0.2) is 51.7 Å². The first-order valence-corrected chi connectivity index (χ1v) is 8.74. The number of rotatable bonds is 2. The molecule has 0 aliphatic carbocycles. The molecule has 2 heterocycles. The molecular formula is C20H19ClNO3+. The summed E-state index contributed by atoms with van der Waals surface area (Å²) in [4.78, 5) is 13.5. The van der Waals surface area contributed by atoms with Gasteiger partial charge in [-0.25, -0.2) is 4.79 Å². The lowest BCUT2D eigenvalue weighted by Gasteiger charge is -2.29. The molecule has 2 aromatic carbocycles. The summed E-state index contributed by atoms with van der Waals surface area (Å²) in [6, 6.07) is 13.6. The van der Waals surface area contributed by atoms with E-state index in [1.807, 2.05) is 36.4 Å². The molecule has 25 heavy (non-hydrogen) atoms. The predicted octanol–water partition coefficient (Wildman–Crippen LogP) is 3.26. The fourth-order valence-corrected chi connectivity index (χ4v) is 3.57. The van der Waals surface area contributed by atoms with Crippen LogP contribution in [0.3, 0.4) is 0 Å². The number of fused-ring (bicyclic) bond motifs is 3. The van der Waals surface area contributed by atoms with Gasteiger partial charge in [0.05, 0.1) is 16.6 Å². The van der Waals surface area contributed by atoms with Crippen LogP contribution >= 0.6 is 11.6 Å². The lowest BCUT2D eigenvalue weighted by molar-refractivity contribution is -0.952. The maximum Gasteiger partial charge on any atom is 0.336 e. The van der Waals surface area contributed by atoms with Gasteiger partial charge in [-0.2, -0.15) is 0 Å². The van der Waals surface area contributed by atoms with Crippen LogP contribution < -0.4 is 15.3 Å². The van der Waals surface area contributed by atoms with Crippen LogP contribution in [0.5, 0.6) is 5.75 Å². The van der Waals surface area contributed by atoms with Gasteiger partial charge in [0.1, 0.15) is 6.54 Å². The van der Waals surface area contributed by atoms with Gasteiger partial charge in [0.15, 0.2) is 11.3 Å². The first-order valence-electron chi connectivity index (χ1n) is 8.36. The van der Waals surface area contributed by atoms with Crippen molar-refractivity contribution in [2.24, 2.45) is 0 Å². The smallest absolute Gasteiger partial charge is 0.336 e. The van der Waals surface area contributed by atoms with Crippen LogP contribution in [0.4, 0.5) is 0 Å². The molecule has 1 atom stereocenters. The molecule has 1 aliphatic rings. The zero-order chi connectivity index (χ0) is 17.6. The normalized spacial score (nSPS) is 16.7. The second-order valence-electron chi connectivity index (χ2n) is 6.67. The van der Waals surface area contributed by atoms with E-state index in [-0.39, 0.29) is 5.63 Å². The SMILES string of the molecule is CC(C)[NH+]1COc2c(Cl)cc3c(-c4ccccc4)cc(=O)oc3c2C1. The topological polar surface area (TPSA) is 43.9 Å². The number of benzene rings is 2. The molecule has 1 aliphatic heterocycles. The van der Waals surface area contributed by atoms with Gasteiger partial charge >= 0.3 is 5.63 Å². The van der Waals surface area contributed by atoms with Crippen molar-refractivity contribution in [3.8, 4) is 16.9 Å². The first kappa shape index (κ1) is 16.2. The summed E-state index contributed by atoms with van der Waals surface area (Å²) in [5, 5.41) is 1.39. The maximum absolute atomic E-state index is 12.2. The molecule has 0 saturated heterocycles. The number of nitrogens with one attached hydrogen (secondary N) is 1. The van der Waals surface area contributed by atoms with Crippen LogP contribution in [-0.2, 0) is 6.54 Å². The van der Waals surface area contributed by atoms with E-state index in [9.17, 15) is 4.79 Å². The minimum Gasteiger partial charge on any atom is -0.443 e. The highest BCUT2D eigenvalue weighted by Gasteiger charge is 2.29. The van der Waals surface area contributed by atoms with E-state index < -0.39 is 0 Å². The Balaban J connectivity index is 2.01. The molecule has 0 spiro atoms. The van der Waals surface area contributed by atoms with Crippen LogP contribution in [-0.4, -0.2) is 12.8 Å². The summed E-state index contributed by atoms with van der Waals surface area (Å²) in [5.41, 5.74) is 2.86. The second-order valence-corrected chi connectivity index (χ2v) is 7.07. The zero-order valence-electron chi connectivity index (χ0n) is 14.1. The molecule has 0 fully saturated rings. The molecule has 0 amide bonds. The molecule has 4 nitrogen and oxygen atoms in total. The van der Waals surface area contributed by atoms with E-state index in [1.54, 1.807) is 0 Å². The van der Waals surface area contributed by atoms with E-state index in [0.717, 1.165) is 22.1 Å². The summed E-state index contributed by atoms with van der Waals surface area (Å²) >= 11 is 6.49. The molecule has 5 heteroatoms. The lowest BCUT2D eigenvalue weighted by Crippen LogP contribution is -3.15. The Bertz CT molecular complexity index is 995. The van der Waals surface area contributed by atoms with Crippen LogP contribution in [0.1, 0.15) is 19.4 Å². The number of halogens is 1. The molecule has 0 bridgehead atoms. The van der Waals surface area contributed by atoms with E-state index in [0.29, 0.717) is 35.7 Å². The highest BCUT2D eigenvalue weighted by atomic mass is 35.5. The Morgan fingerprint density at radius 3 is 2.64 bits per heavy atom. The third-order valence-electron chi connectivity index (χ3n) is 4.74. The van der Waals surface area contributed by atoms with Crippen LogP contribution in [0, 0.1) is 0 Å². The van der Waals surface area contributed by atoms with Gasteiger partial charge in [-0.3, -0.25) is 4.90 Å². The van der Waals surface area contributed by atoms with Crippen molar-refractivity contribution in [2.75, 3.05) is 6.73 Å². The van der Waals surface area contributed by atoms with Gasteiger partial charge in [-0.05, 0) is 31.0 Å². The highest BCUT2D eigenvalue weighted by Crippen LogP contribution is 2.39. The monoisotopic (exact) mass is 356 g/mol. The summed E-state index contributed by atoms with van der Waals surface area (Å²) < 4.78 is 11.5. The zero-order valence-corrected chi connectivity index (χ0v) is 14.9. The average Bonchev–Trinajstić information content (AvgIpc) is 2.62. The molecule has 4 rings (SSSR count). The standard InChI is InChI=1S/C20H18ClNO3/c1-12(2)22-10-16-19-15(8-17(21)20(16)24-11-22)14(9-18(23)25-19)13-6-4-3-5-7-13/h3-9,12H,10-11H2,1-2H3/p+1. The van der Waals surface area contributed by atoms with Crippen molar-refractivity contribution in [2.45, 2.75) is 26.4 Å². The van der Waals surface area contributed by atoms with Crippen molar-refractivity contribution >= 4 is 22.6 Å². The first-order chi connectivity index (χ1) is 12.0. The molecular weight excluding hydrogens is 338 g/mol. The molecule has 0 radical (unpaired) electrons. The Morgan fingerprint density at radius 2 is 1.92 bits per heavy atom. The third-order valence-corrected chi connectivity index (χ3v) is 5.02. The highest BCUT2D eigenvalue weighted by molar-refractivity contribution is 6.33. The van der Waals surface area contributed by atoms with Gasteiger partial charge in [-0.15, -0.1) is 0 Å². The minimum atomic E-state index is -0.368. The van der Waals surface area contributed by atoms with E-state index in [2.05, 4.69) is 13.8 Å². The van der Waals surface area contributed by atoms with Crippen molar-refractivity contribution in [1.29, 1.82) is 0 Å².